The van der Waals surface area contributed by atoms with Gasteiger partial charge in [-0.25, -0.2) is 4.98 Å². The molecule has 2 aliphatic rings. The first kappa shape index (κ1) is 13.9. The van der Waals surface area contributed by atoms with Crippen LogP contribution in [0.2, 0.25) is 0 Å². The van der Waals surface area contributed by atoms with Crippen LogP contribution >= 0.6 is 11.6 Å². The highest BCUT2D eigenvalue weighted by atomic mass is 35.5. The minimum Gasteiger partial charge on any atom is -0.377 e. The van der Waals surface area contributed by atoms with E-state index in [4.69, 9.17) is 16.3 Å². The summed E-state index contributed by atoms with van der Waals surface area (Å²) < 4.78 is 7.49. The van der Waals surface area contributed by atoms with Crippen molar-refractivity contribution in [3.05, 3.63) is 22.7 Å². The maximum absolute atomic E-state index is 12.4. The van der Waals surface area contributed by atoms with E-state index in [9.17, 15) is 4.79 Å². The molecule has 0 spiro atoms. The Bertz CT molecular complexity index is 507. The highest BCUT2D eigenvalue weighted by Gasteiger charge is 2.27. The second kappa shape index (κ2) is 6.14. The number of hydrogen-bond donors (Lipinski definition) is 0. The van der Waals surface area contributed by atoms with Crippen molar-refractivity contribution < 1.29 is 4.74 Å². The Labute approximate surface area is 123 Å². The zero-order chi connectivity index (χ0) is 13.9. The summed E-state index contributed by atoms with van der Waals surface area (Å²) in [4.78, 5) is 18.8. The molecule has 2 fully saturated rings. The van der Waals surface area contributed by atoms with Crippen molar-refractivity contribution in [2.45, 2.75) is 37.8 Å². The third kappa shape index (κ3) is 2.99. The fourth-order valence-corrected chi connectivity index (χ4v) is 2.81. The zero-order valence-electron chi connectivity index (χ0n) is 11.5. The van der Waals surface area contributed by atoms with E-state index in [-0.39, 0.29) is 11.7 Å². The normalized spacial score (nSPS) is 20.4. The highest BCUT2D eigenvalue weighted by Crippen LogP contribution is 2.33. The first-order valence-electron chi connectivity index (χ1n) is 7.29. The van der Waals surface area contributed by atoms with Crippen LogP contribution in [0.5, 0.6) is 0 Å². The van der Waals surface area contributed by atoms with Gasteiger partial charge in [0.1, 0.15) is 0 Å². The summed E-state index contributed by atoms with van der Waals surface area (Å²) in [5.74, 6) is 1.13. The van der Waals surface area contributed by atoms with Crippen molar-refractivity contribution in [1.82, 2.24) is 9.55 Å². The van der Waals surface area contributed by atoms with Gasteiger partial charge in [-0.15, -0.1) is 11.6 Å². The lowest BCUT2D eigenvalue weighted by Crippen LogP contribution is -2.41. The molecule has 1 aromatic heterocycles. The highest BCUT2D eigenvalue weighted by molar-refractivity contribution is 6.17. The van der Waals surface area contributed by atoms with Crippen LogP contribution in [0.4, 0.5) is 5.82 Å². The zero-order valence-corrected chi connectivity index (χ0v) is 12.3. The van der Waals surface area contributed by atoms with Gasteiger partial charge >= 0.3 is 0 Å². The summed E-state index contributed by atoms with van der Waals surface area (Å²) in [5.41, 5.74) is 0.0510. The molecule has 110 valence electrons. The first-order chi connectivity index (χ1) is 9.79. The van der Waals surface area contributed by atoms with E-state index in [0.717, 1.165) is 38.8 Å². The molecule has 0 bridgehead atoms. The van der Waals surface area contributed by atoms with Crippen molar-refractivity contribution in [3.8, 4) is 0 Å². The van der Waals surface area contributed by atoms with Crippen molar-refractivity contribution in [2.24, 2.45) is 0 Å². The van der Waals surface area contributed by atoms with Crippen LogP contribution in [0.15, 0.2) is 17.2 Å². The Morgan fingerprint density at radius 2 is 2.05 bits per heavy atom. The van der Waals surface area contributed by atoms with E-state index in [1.807, 2.05) is 4.57 Å². The van der Waals surface area contributed by atoms with Crippen molar-refractivity contribution in [2.75, 3.05) is 30.5 Å². The quantitative estimate of drug-likeness (QED) is 0.778. The van der Waals surface area contributed by atoms with Gasteiger partial charge < -0.3 is 14.2 Å². The lowest BCUT2D eigenvalue weighted by Gasteiger charge is -2.32. The molecule has 0 atom stereocenters. The minimum atomic E-state index is 0.0510. The molecule has 1 aromatic rings. The molecule has 0 amide bonds. The van der Waals surface area contributed by atoms with Crippen LogP contribution in [0, 0.1) is 0 Å². The minimum absolute atomic E-state index is 0.0510. The number of alkyl halides is 1. The van der Waals surface area contributed by atoms with Crippen LogP contribution in [-0.4, -0.2) is 41.2 Å². The number of anilines is 1. The average molecular weight is 298 g/mol. The smallest absolute Gasteiger partial charge is 0.293 e. The van der Waals surface area contributed by atoms with E-state index < -0.39 is 0 Å². The first-order valence-corrected chi connectivity index (χ1v) is 7.82. The van der Waals surface area contributed by atoms with E-state index in [1.165, 1.54) is 0 Å². The Balaban J connectivity index is 1.66. The van der Waals surface area contributed by atoms with Gasteiger partial charge in [-0.1, -0.05) is 0 Å². The molecule has 1 saturated carbocycles. The van der Waals surface area contributed by atoms with Gasteiger partial charge in [-0.2, -0.15) is 0 Å². The standard InChI is InChI=1S/C14H20ClN3O2/c15-5-10-20-12-3-7-17(8-4-12)13-14(19)18(9-6-16-13)11-1-2-11/h6,9,11-12H,1-5,7-8,10H2. The van der Waals surface area contributed by atoms with Crippen LogP contribution in [-0.2, 0) is 4.74 Å². The molecule has 20 heavy (non-hydrogen) atoms. The van der Waals surface area contributed by atoms with Crippen LogP contribution in [0.25, 0.3) is 0 Å². The van der Waals surface area contributed by atoms with Gasteiger partial charge in [0, 0.05) is 37.4 Å². The molecule has 0 N–H and O–H groups in total. The van der Waals surface area contributed by atoms with E-state index in [1.54, 1.807) is 12.4 Å². The largest absolute Gasteiger partial charge is 0.377 e. The molecule has 5 nitrogen and oxygen atoms in total. The molecular weight excluding hydrogens is 278 g/mol. The maximum atomic E-state index is 12.4. The molecule has 0 aromatic carbocycles. The SMILES string of the molecule is O=c1c(N2CCC(OCCCl)CC2)nccn1C1CC1. The predicted molar refractivity (Wildman–Crippen MR) is 78.7 cm³/mol. The van der Waals surface area contributed by atoms with Gasteiger partial charge in [0.05, 0.1) is 12.7 Å². The van der Waals surface area contributed by atoms with Gasteiger partial charge in [0.25, 0.3) is 5.56 Å². The van der Waals surface area contributed by atoms with E-state index >= 15 is 0 Å². The lowest BCUT2D eigenvalue weighted by molar-refractivity contribution is 0.0470. The molecule has 0 unspecified atom stereocenters. The molecule has 0 radical (unpaired) electrons. The number of halogens is 1. The number of aromatic nitrogens is 2. The molecule has 1 saturated heterocycles. The van der Waals surface area contributed by atoms with Gasteiger partial charge in [-0.05, 0) is 25.7 Å². The Morgan fingerprint density at radius 3 is 2.70 bits per heavy atom. The summed E-state index contributed by atoms with van der Waals surface area (Å²) in [5, 5.41) is 0. The fraction of sp³-hybridized carbons (Fsp3) is 0.714. The maximum Gasteiger partial charge on any atom is 0.293 e. The second-order valence-corrected chi connectivity index (χ2v) is 5.82. The van der Waals surface area contributed by atoms with E-state index in [2.05, 4.69) is 9.88 Å². The van der Waals surface area contributed by atoms with Crippen LogP contribution in [0.3, 0.4) is 0 Å². The van der Waals surface area contributed by atoms with Crippen LogP contribution < -0.4 is 10.5 Å². The average Bonchev–Trinajstić information content (AvgIpc) is 3.31. The monoisotopic (exact) mass is 297 g/mol. The predicted octanol–water partition coefficient (Wildman–Crippen LogP) is 1.80. The topological polar surface area (TPSA) is 47.4 Å². The molecule has 2 heterocycles. The summed E-state index contributed by atoms with van der Waals surface area (Å²) in [6, 6.07) is 0.397. The van der Waals surface area contributed by atoms with Crippen LogP contribution in [0.1, 0.15) is 31.7 Å². The molecule has 1 aliphatic carbocycles. The number of piperidine rings is 1. The van der Waals surface area contributed by atoms with Crippen molar-refractivity contribution in [3.63, 3.8) is 0 Å². The third-order valence-corrected chi connectivity index (χ3v) is 4.12. The Kier molecular flexibility index (Phi) is 4.27. The Hall–Kier alpha value is -1.07. The molecule has 1 aliphatic heterocycles. The van der Waals surface area contributed by atoms with Crippen molar-refractivity contribution >= 4 is 17.4 Å². The number of ether oxygens (including phenoxy) is 1. The van der Waals surface area contributed by atoms with Gasteiger partial charge in [0.2, 0.25) is 0 Å². The van der Waals surface area contributed by atoms with Gasteiger partial charge in [0.15, 0.2) is 5.82 Å². The Morgan fingerprint density at radius 1 is 1.30 bits per heavy atom. The summed E-state index contributed by atoms with van der Waals surface area (Å²) >= 11 is 5.63. The number of rotatable bonds is 5. The van der Waals surface area contributed by atoms with E-state index in [0.29, 0.717) is 24.3 Å². The molecule has 6 heteroatoms. The molecular formula is C14H20ClN3O2. The number of nitrogens with zero attached hydrogens (tertiary/aromatic N) is 3. The third-order valence-electron chi connectivity index (χ3n) is 3.96. The second-order valence-electron chi connectivity index (χ2n) is 5.44. The summed E-state index contributed by atoms with van der Waals surface area (Å²) in [7, 11) is 0. The molecule has 3 rings (SSSR count). The summed E-state index contributed by atoms with van der Waals surface area (Å²) in [6.45, 7) is 2.25. The fourth-order valence-electron chi connectivity index (χ4n) is 2.72. The number of hydrogen-bond acceptors (Lipinski definition) is 4. The summed E-state index contributed by atoms with van der Waals surface area (Å²) in [6.07, 6.45) is 7.88. The van der Waals surface area contributed by atoms with Crippen molar-refractivity contribution in [1.29, 1.82) is 0 Å². The van der Waals surface area contributed by atoms with Gasteiger partial charge in [-0.3, -0.25) is 4.79 Å². The lowest BCUT2D eigenvalue weighted by atomic mass is 10.1.